The first kappa shape index (κ1) is 20.8. The molecule has 1 aromatic rings. The first-order valence-electron chi connectivity index (χ1n) is 9.45. The van der Waals surface area contributed by atoms with Crippen molar-refractivity contribution >= 4 is 21.9 Å². The molecule has 3 atom stereocenters. The van der Waals surface area contributed by atoms with Crippen LogP contribution in [0, 0.1) is 10.8 Å². The maximum Gasteiger partial charge on any atom is 0.338 e. The molecule has 1 aliphatic heterocycles. The molecule has 2 fully saturated rings. The molecule has 0 spiro atoms. The number of primary amides is 1. The molecule has 1 aromatic carbocycles. The largest absolute Gasteiger partial charge is 0.449 e. The molecule has 8 heteroatoms. The zero-order chi connectivity index (χ0) is 20.9. The van der Waals surface area contributed by atoms with Gasteiger partial charge in [-0.25, -0.2) is 13.2 Å². The first-order chi connectivity index (χ1) is 12.8. The van der Waals surface area contributed by atoms with E-state index in [0.717, 1.165) is 19.3 Å². The second-order valence-electron chi connectivity index (χ2n) is 9.24. The average Bonchev–Trinajstić information content (AvgIpc) is 2.84. The Hall–Kier alpha value is -1.93. The highest BCUT2D eigenvalue weighted by Crippen LogP contribution is 2.53. The van der Waals surface area contributed by atoms with Crippen LogP contribution in [-0.4, -0.2) is 43.3 Å². The van der Waals surface area contributed by atoms with Gasteiger partial charge >= 0.3 is 5.97 Å². The molecule has 1 saturated carbocycles. The van der Waals surface area contributed by atoms with Gasteiger partial charge in [-0.05, 0) is 55.2 Å². The molecule has 2 N–H and O–H groups in total. The lowest BCUT2D eigenvalue weighted by molar-refractivity contribution is -0.125. The molecule has 7 nitrogen and oxygen atoms in total. The Labute approximate surface area is 166 Å². The zero-order valence-electron chi connectivity index (χ0n) is 16.8. The fourth-order valence-electron chi connectivity index (χ4n) is 4.89. The van der Waals surface area contributed by atoms with E-state index in [-0.39, 0.29) is 27.3 Å². The predicted molar refractivity (Wildman–Crippen MR) is 104 cm³/mol. The molecule has 3 rings (SSSR count). The summed E-state index contributed by atoms with van der Waals surface area (Å²) in [6.45, 7) is 8.37. The van der Waals surface area contributed by atoms with Gasteiger partial charge in [0.15, 0.2) is 6.10 Å². The number of esters is 1. The van der Waals surface area contributed by atoms with Crippen molar-refractivity contribution < 1.29 is 22.7 Å². The van der Waals surface area contributed by atoms with Gasteiger partial charge in [-0.1, -0.05) is 26.8 Å². The fourth-order valence-corrected chi connectivity index (χ4v) is 6.72. The summed E-state index contributed by atoms with van der Waals surface area (Å²) >= 11 is 0. The van der Waals surface area contributed by atoms with Gasteiger partial charge in [0.05, 0.1) is 10.5 Å². The van der Waals surface area contributed by atoms with Gasteiger partial charge in [0.1, 0.15) is 0 Å². The van der Waals surface area contributed by atoms with Crippen molar-refractivity contribution in [2.24, 2.45) is 16.6 Å². The summed E-state index contributed by atoms with van der Waals surface area (Å²) in [4.78, 5) is 23.4. The Balaban J connectivity index is 1.87. The molecule has 2 aliphatic rings. The maximum atomic E-state index is 13.3. The SMILES string of the molecule is C[C@@H](OC(=O)c1cccc(S(=O)(=O)N2C[C@]3(C)C[C@@H]2CC(C)(C)C3)c1)C(N)=O. The molecule has 0 aromatic heterocycles. The lowest BCUT2D eigenvalue weighted by Gasteiger charge is -2.39. The van der Waals surface area contributed by atoms with E-state index < -0.39 is 28.0 Å². The van der Waals surface area contributed by atoms with Gasteiger partial charge < -0.3 is 10.5 Å². The van der Waals surface area contributed by atoms with Crippen LogP contribution in [0.25, 0.3) is 0 Å². The van der Waals surface area contributed by atoms with Gasteiger partial charge in [-0.2, -0.15) is 4.31 Å². The van der Waals surface area contributed by atoms with Gasteiger partial charge in [0.25, 0.3) is 5.91 Å². The van der Waals surface area contributed by atoms with Gasteiger partial charge in [-0.3, -0.25) is 4.79 Å². The second-order valence-corrected chi connectivity index (χ2v) is 11.1. The van der Waals surface area contributed by atoms with Crippen LogP contribution >= 0.6 is 0 Å². The van der Waals surface area contributed by atoms with Crippen molar-refractivity contribution in [1.82, 2.24) is 4.31 Å². The van der Waals surface area contributed by atoms with E-state index in [1.54, 1.807) is 4.31 Å². The Morgan fingerprint density at radius 3 is 2.57 bits per heavy atom. The zero-order valence-corrected chi connectivity index (χ0v) is 17.6. The number of benzene rings is 1. The van der Waals surface area contributed by atoms with E-state index in [1.807, 2.05) is 0 Å². The number of hydrogen-bond acceptors (Lipinski definition) is 5. The molecule has 0 radical (unpaired) electrons. The van der Waals surface area contributed by atoms with E-state index in [1.165, 1.54) is 31.2 Å². The summed E-state index contributed by atoms with van der Waals surface area (Å²) in [5.41, 5.74) is 5.24. The highest BCUT2D eigenvalue weighted by molar-refractivity contribution is 7.89. The molecule has 1 saturated heterocycles. The minimum Gasteiger partial charge on any atom is -0.449 e. The number of nitrogens with two attached hydrogens (primary N) is 1. The summed E-state index contributed by atoms with van der Waals surface area (Å²) < 4.78 is 33.2. The number of amides is 1. The van der Waals surface area contributed by atoms with E-state index in [4.69, 9.17) is 10.5 Å². The monoisotopic (exact) mass is 408 g/mol. The Bertz CT molecular complexity index is 911. The third kappa shape index (κ3) is 3.93. The average molecular weight is 409 g/mol. The number of carbonyl (C=O) groups excluding carboxylic acids is 2. The minimum atomic E-state index is -3.75. The molecule has 1 aliphatic carbocycles. The van der Waals surface area contributed by atoms with Crippen molar-refractivity contribution in [3.63, 3.8) is 0 Å². The van der Waals surface area contributed by atoms with Crippen LogP contribution in [0.5, 0.6) is 0 Å². The van der Waals surface area contributed by atoms with Crippen molar-refractivity contribution in [2.45, 2.75) is 64.0 Å². The van der Waals surface area contributed by atoms with Crippen LogP contribution in [0.2, 0.25) is 0 Å². The summed E-state index contributed by atoms with van der Waals surface area (Å²) in [5.74, 6) is -1.55. The molecule has 0 unspecified atom stereocenters. The van der Waals surface area contributed by atoms with Gasteiger partial charge in [0, 0.05) is 12.6 Å². The third-order valence-electron chi connectivity index (χ3n) is 5.73. The fraction of sp³-hybridized carbons (Fsp3) is 0.600. The summed E-state index contributed by atoms with van der Waals surface area (Å²) in [7, 11) is -3.75. The maximum absolute atomic E-state index is 13.3. The Morgan fingerprint density at radius 2 is 1.93 bits per heavy atom. The standard InChI is InChI=1S/C20H28N2O5S/c1-13(17(21)23)27-18(24)14-6-5-7-16(8-14)28(25,26)22-12-20(4)10-15(22)9-19(2,3)11-20/h5-8,13,15H,9-12H2,1-4H3,(H2,21,23)/t13-,15+,20-/m1/s1. The lowest BCUT2D eigenvalue weighted by atomic mass is 9.65. The normalized spacial score (nSPS) is 27.9. The predicted octanol–water partition coefficient (Wildman–Crippen LogP) is 2.31. The highest BCUT2D eigenvalue weighted by atomic mass is 32.2. The first-order valence-corrected chi connectivity index (χ1v) is 10.9. The van der Waals surface area contributed by atoms with E-state index >= 15 is 0 Å². The number of hydrogen-bond donors (Lipinski definition) is 1. The van der Waals surface area contributed by atoms with Crippen LogP contribution in [0.3, 0.4) is 0 Å². The molecule has 1 amide bonds. The summed E-state index contributed by atoms with van der Waals surface area (Å²) in [6, 6.07) is 5.72. The van der Waals surface area contributed by atoms with Crippen LogP contribution in [0.15, 0.2) is 29.2 Å². The second kappa shape index (κ2) is 6.84. The molecular weight excluding hydrogens is 380 g/mol. The molecular formula is C20H28N2O5S. The quantitative estimate of drug-likeness (QED) is 0.753. The number of ether oxygens (including phenoxy) is 1. The van der Waals surface area contributed by atoms with Crippen LogP contribution in [0.4, 0.5) is 0 Å². The van der Waals surface area contributed by atoms with E-state index in [9.17, 15) is 18.0 Å². The Morgan fingerprint density at radius 1 is 1.25 bits per heavy atom. The summed E-state index contributed by atoms with van der Waals surface area (Å²) in [5, 5.41) is 0. The highest BCUT2D eigenvalue weighted by Gasteiger charge is 2.53. The molecule has 154 valence electrons. The minimum absolute atomic E-state index is 0.0348. The number of rotatable bonds is 5. The van der Waals surface area contributed by atoms with Crippen molar-refractivity contribution in [1.29, 1.82) is 0 Å². The number of sulfonamides is 1. The number of nitrogens with zero attached hydrogens (tertiary/aromatic N) is 1. The van der Waals surface area contributed by atoms with Crippen LogP contribution in [-0.2, 0) is 19.6 Å². The molecule has 28 heavy (non-hydrogen) atoms. The van der Waals surface area contributed by atoms with Gasteiger partial charge in [-0.15, -0.1) is 0 Å². The smallest absolute Gasteiger partial charge is 0.338 e. The number of carbonyl (C=O) groups is 2. The van der Waals surface area contributed by atoms with Gasteiger partial charge in [0.2, 0.25) is 10.0 Å². The van der Waals surface area contributed by atoms with Crippen LogP contribution < -0.4 is 5.73 Å². The van der Waals surface area contributed by atoms with E-state index in [2.05, 4.69) is 20.8 Å². The van der Waals surface area contributed by atoms with Crippen molar-refractivity contribution in [2.75, 3.05) is 6.54 Å². The molecule has 2 bridgehead atoms. The van der Waals surface area contributed by atoms with Crippen LogP contribution in [0.1, 0.15) is 57.3 Å². The summed E-state index contributed by atoms with van der Waals surface area (Å²) in [6.07, 6.45) is 1.57. The molecule has 1 heterocycles. The topological polar surface area (TPSA) is 107 Å². The Kier molecular flexibility index (Phi) is 5.08. The number of fused-ring (bicyclic) bond motifs is 2. The third-order valence-corrected chi connectivity index (χ3v) is 7.62. The van der Waals surface area contributed by atoms with Crippen molar-refractivity contribution in [3.8, 4) is 0 Å². The lowest BCUT2D eigenvalue weighted by Crippen LogP contribution is -2.37. The van der Waals surface area contributed by atoms with E-state index in [0.29, 0.717) is 6.54 Å². The van der Waals surface area contributed by atoms with Crippen molar-refractivity contribution in [3.05, 3.63) is 29.8 Å².